The van der Waals surface area contributed by atoms with E-state index in [1.165, 1.54) is 0 Å². The van der Waals surface area contributed by atoms with Gasteiger partial charge in [0.15, 0.2) is 0 Å². The number of rotatable bonds is 9. The molecule has 0 radical (unpaired) electrons. The molecule has 3 nitrogen and oxygen atoms in total. The summed E-state index contributed by atoms with van der Waals surface area (Å²) in [6, 6.07) is 0.397. The van der Waals surface area contributed by atoms with Crippen molar-refractivity contribution in [3.63, 3.8) is 0 Å². The largest absolute Gasteiger partial charge is 0.394 e. The summed E-state index contributed by atoms with van der Waals surface area (Å²) < 4.78 is 5.53. The molecule has 1 unspecified atom stereocenters. The zero-order valence-electron chi connectivity index (χ0n) is 11.5. The average molecular weight is 231 g/mol. The lowest BCUT2D eigenvalue weighted by atomic mass is 9.96. The molecule has 0 aliphatic carbocycles. The Hall–Kier alpha value is -0.120. The van der Waals surface area contributed by atoms with E-state index in [-0.39, 0.29) is 12.1 Å². The van der Waals surface area contributed by atoms with E-state index in [0.717, 1.165) is 26.1 Å². The van der Waals surface area contributed by atoms with Crippen LogP contribution in [0.5, 0.6) is 0 Å². The van der Waals surface area contributed by atoms with E-state index in [0.29, 0.717) is 12.0 Å². The molecule has 0 aliphatic heterocycles. The summed E-state index contributed by atoms with van der Waals surface area (Å²) in [5, 5.41) is 12.8. The summed E-state index contributed by atoms with van der Waals surface area (Å²) in [6.45, 7) is 12.4. The van der Waals surface area contributed by atoms with Gasteiger partial charge in [0.1, 0.15) is 0 Å². The van der Waals surface area contributed by atoms with Gasteiger partial charge < -0.3 is 15.2 Å². The van der Waals surface area contributed by atoms with Crippen LogP contribution in [0.3, 0.4) is 0 Å². The third kappa shape index (κ3) is 8.08. The van der Waals surface area contributed by atoms with Gasteiger partial charge in [-0.1, -0.05) is 27.7 Å². The van der Waals surface area contributed by atoms with Crippen LogP contribution in [0.25, 0.3) is 0 Å². The average Bonchev–Trinajstić information content (AvgIpc) is 2.15. The van der Waals surface area contributed by atoms with E-state index >= 15 is 0 Å². The Labute approximate surface area is 101 Å². The maximum Gasteiger partial charge on any atom is 0.0610 e. The molecule has 0 saturated heterocycles. The van der Waals surface area contributed by atoms with Crippen LogP contribution in [0.2, 0.25) is 0 Å². The van der Waals surface area contributed by atoms with Crippen molar-refractivity contribution in [3.8, 4) is 0 Å². The zero-order valence-corrected chi connectivity index (χ0v) is 11.5. The predicted molar refractivity (Wildman–Crippen MR) is 68.7 cm³/mol. The highest BCUT2D eigenvalue weighted by molar-refractivity contribution is 4.83. The van der Waals surface area contributed by atoms with Crippen molar-refractivity contribution in [2.45, 2.75) is 59.0 Å². The molecule has 16 heavy (non-hydrogen) atoms. The molecule has 2 N–H and O–H groups in total. The van der Waals surface area contributed by atoms with E-state index in [2.05, 4.69) is 39.9 Å². The monoisotopic (exact) mass is 231 g/mol. The van der Waals surface area contributed by atoms with E-state index in [4.69, 9.17) is 4.74 Å². The molecule has 0 aromatic rings. The number of hydrogen-bond acceptors (Lipinski definition) is 3. The second kappa shape index (κ2) is 8.04. The fourth-order valence-electron chi connectivity index (χ4n) is 1.78. The van der Waals surface area contributed by atoms with Gasteiger partial charge >= 0.3 is 0 Å². The number of ether oxygens (including phenoxy) is 1. The van der Waals surface area contributed by atoms with Gasteiger partial charge in [0.2, 0.25) is 0 Å². The second-order valence-electron chi connectivity index (χ2n) is 5.59. The van der Waals surface area contributed by atoms with Crippen molar-refractivity contribution in [2.75, 3.05) is 19.8 Å². The highest BCUT2D eigenvalue weighted by atomic mass is 16.5. The number of nitrogens with one attached hydrogen (secondary N) is 1. The Kier molecular flexibility index (Phi) is 7.98. The Morgan fingerprint density at radius 2 is 1.88 bits per heavy atom. The first-order valence-electron chi connectivity index (χ1n) is 6.36. The normalized spacial score (nSPS) is 15.8. The second-order valence-corrected chi connectivity index (χ2v) is 5.59. The highest BCUT2D eigenvalue weighted by Gasteiger charge is 2.22. The number of hydrogen-bond donors (Lipinski definition) is 2. The summed E-state index contributed by atoms with van der Waals surface area (Å²) >= 11 is 0. The molecule has 0 aromatic heterocycles. The predicted octanol–water partition coefficient (Wildman–Crippen LogP) is 2.19. The third-order valence-corrected chi connectivity index (χ3v) is 2.45. The van der Waals surface area contributed by atoms with Gasteiger partial charge in [-0.25, -0.2) is 0 Å². The maximum atomic E-state index is 9.38. The third-order valence-electron chi connectivity index (χ3n) is 2.45. The minimum absolute atomic E-state index is 0.171. The van der Waals surface area contributed by atoms with Gasteiger partial charge in [0, 0.05) is 24.8 Å². The van der Waals surface area contributed by atoms with Crippen LogP contribution in [0, 0.1) is 5.92 Å². The molecule has 0 aliphatic rings. The Balaban J connectivity index is 3.69. The maximum absolute atomic E-state index is 9.38. The standard InChI is InChI=1S/C13H29NO2/c1-11(2)9-16-8-6-7-13(5,10-15)14-12(3)4/h11-12,14-15H,6-10H2,1-5H3. The van der Waals surface area contributed by atoms with E-state index in [9.17, 15) is 5.11 Å². The van der Waals surface area contributed by atoms with Crippen LogP contribution in [0.4, 0.5) is 0 Å². The molecule has 3 heteroatoms. The molecule has 0 fully saturated rings. The topological polar surface area (TPSA) is 41.5 Å². The van der Waals surface area contributed by atoms with Crippen LogP contribution in [0.15, 0.2) is 0 Å². The lowest BCUT2D eigenvalue weighted by Gasteiger charge is -2.31. The highest BCUT2D eigenvalue weighted by Crippen LogP contribution is 2.13. The fraction of sp³-hybridized carbons (Fsp3) is 1.00. The molecular weight excluding hydrogens is 202 g/mol. The number of aliphatic hydroxyl groups excluding tert-OH is 1. The molecule has 0 spiro atoms. The smallest absolute Gasteiger partial charge is 0.0610 e. The van der Waals surface area contributed by atoms with Gasteiger partial charge in [-0.2, -0.15) is 0 Å². The SMILES string of the molecule is CC(C)COCCCC(C)(CO)NC(C)C. The Morgan fingerprint density at radius 3 is 2.31 bits per heavy atom. The molecule has 0 rings (SSSR count). The zero-order chi connectivity index (χ0) is 12.6. The van der Waals surface area contributed by atoms with Gasteiger partial charge in [-0.3, -0.25) is 0 Å². The van der Waals surface area contributed by atoms with Gasteiger partial charge in [-0.15, -0.1) is 0 Å². The van der Waals surface area contributed by atoms with Crippen molar-refractivity contribution in [2.24, 2.45) is 5.92 Å². The van der Waals surface area contributed by atoms with Crippen molar-refractivity contribution >= 4 is 0 Å². The Morgan fingerprint density at radius 1 is 1.25 bits per heavy atom. The molecule has 98 valence electrons. The van der Waals surface area contributed by atoms with E-state index in [1.54, 1.807) is 0 Å². The van der Waals surface area contributed by atoms with Crippen molar-refractivity contribution < 1.29 is 9.84 Å². The fourth-order valence-corrected chi connectivity index (χ4v) is 1.78. The lowest BCUT2D eigenvalue weighted by molar-refractivity contribution is 0.0912. The summed E-state index contributed by atoms with van der Waals surface area (Å²) in [4.78, 5) is 0. The number of aliphatic hydroxyl groups is 1. The molecular formula is C13H29NO2. The first-order chi connectivity index (χ1) is 7.39. The molecule has 0 amide bonds. The van der Waals surface area contributed by atoms with Crippen LogP contribution in [0.1, 0.15) is 47.5 Å². The van der Waals surface area contributed by atoms with E-state index in [1.807, 2.05) is 0 Å². The summed E-state index contributed by atoms with van der Waals surface area (Å²) in [5.74, 6) is 0.595. The lowest BCUT2D eigenvalue weighted by Crippen LogP contribution is -2.49. The van der Waals surface area contributed by atoms with E-state index < -0.39 is 0 Å². The molecule has 0 aromatic carbocycles. The van der Waals surface area contributed by atoms with Crippen LogP contribution >= 0.6 is 0 Å². The first-order valence-corrected chi connectivity index (χ1v) is 6.36. The van der Waals surface area contributed by atoms with Crippen LogP contribution in [-0.2, 0) is 4.74 Å². The molecule has 0 heterocycles. The Bertz CT molecular complexity index is 171. The van der Waals surface area contributed by atoms with Crippen molar-refractivity contribution in [3.05, 3.63) is 0 Å². The molecule has 1 atom stereocenters. The minimum atomic E-state index is -0.171. The first kappa shape index (κ1) is 15.9. The summed E-state index contributed by atoms with van der Waals surface area (Å²) in [7, 11) is 0. The van der Waals surface area contributed by atoms with Gasteiger partial charge in [-0.05, 0) is 25.7 Å². The molecule has 0 saturated carbocycles. The van der Waals surface area contributed by atoms with Crippen LogP contribution < -0.4 is 5.32 Å². The summed E-state index contributed by atoms with van der Waals surface area (Å²) in [6.07, 6.45) is 1.93. The molecule has 0 bridgehead atoms. The minimum Gasteiger partial charge on any atom is -0.394 e. The summed E-state index contributed by atoms with van der Waals surface area (Å²) in [5.41, 5.74) is -0.171. The van der Waals surface area contributed by atoms with Gasteiger partial charge in [0.25, 0.3) is 0 Å². The quantitative estimate of drug-likeness (QED) is 0.598. The van der Waals surface area contributed by atoms with Crippen molar-refractivity contribution in [1.82, 2.24) is 5.32 Å². The van der Waals surface area contributed by atoms with Crippen molar-refractivity contribution in [1.29, 1.82) is 0 Å². The van der Waals surface area contributed by atoms with Gasteiger partial charge in [0.05, 0.1) is 6.61 Å². The van der Waals surface area contributed by atoms with Crippen LogP contribution in [-0.4, -0.2) is 36.5 Å².